The average Bonchev–Trinajstić information content (AvgIpc) is 3.74. The van der Waals surface area contributed by atoms with Gasteiger partial charge in [-0.2, -0.15) is 0 Å². The molecule has 3 aromatic rings. The van der Waals surface area contributed by atoms with Crippen molar-refractivity contribution in [3.05, 3.63) is 101 Å². The second-order valence-corrected chi connectivity index (χ2v) is 11.9. The van der Waals surface area contributed by atoms with Gasteiger partial charge in [0, 0.05) is 44.6 Å². The van der Waals surface area contributed by atoms with Crippen LogP contribution in [-0.2, 0) is 22.6 Å². The van der Waals surface area contributed by atoms with Crippen molar-refractivity contribution < 1.29 is 28.2 Å². The van der Waals surface area contributed by atoms with Crippen LogP contribution in [0.1, 0.15) is 55.7 Å². The smallest absolute Gasteiger partial charge is 0.224 e. The molecule has 0 bridgehead atoms. The third-order valence-corrected chi connectivity index (χ3v) is 8.39. The maximum absolute atomic E-state index is 14.1. The maximum Gasteiger partial charge on any atom is 0.224 e. The highest BCUT2D eigenvalue weighted by Gasteiger charge is 2.56. The van der Waals surface area contributed by atoms with Gasteiger partial charge in [0.1, 0.15) is 17.4 Å². The number of rotatable bonds is 17. The summed E-state index contributed by atoms with van der Waals surface area (Å²) in [6.07, 6.45) is 0.921. The first-order chi connectivity index (χ1) is 21.7. The van der Waals surface area contributed by atoms with Crippen LogP contribution in [0.2, 0.25) is 0 Å². The highest BCUT2D eigenvalue weighted by atomic mass is 19.1. The molecule has 3 aromatic carbocycles. The van der Waals surface area contributed by atoms with E-state index in [1.54, 1.807) is 7.11 Å². The van der Waals surface area contributed by atoms with E-state index in [1.165, 1.54) is 12.1 Å². The average molecular weight is 622 g/mol. The van der Waals surface area contributed by atoms with Gasteiger partial charge in [0.05, 0.1) is 19.3 Å². The van der Waals surface area contributed by atoms with Crippen molar-refractivity contribution in [3.63, 3.8) is 0 Å². The summed E-state index contributed by atoms with van der Waals surface area (Å²) in [4.78, 5) is 29.0. The number of aliphatic hydroxyl groups is 1. The summed E-state index contributed by atoms with van der Waals surface area (Å²) in [6, 6.07) is 19.6. The van der Waals surface area contributed by atoms with Crippen LogP contribution in [0.3, 0.4) is 0 Å². The van der Waals surface area contributed by atoms with Crippen LogP contribution in [0.15, 0.2) is 72.8 Å². The number of carbonyl (C=O) groups excluding carboxylic acids is 2. The molecule has 3 N–H and O–H groups in total. The molecule has 1 fully saturated rings. The zero-order chi connectivity index (χ0) is 32.3. The first-order valence-corrected chi connectivity index (χ1v) is 15.8. The summed E-state index contributed by atoms with van der Waals surface area (Å²) < 4.78 is 33.4. The molecular formula is C36H45F2N3O4. The largest absolute Gasteiger partial charge is 0.497 e. The Morgan fingerprint density at radius 1 is 0.933 bits per heavy atom. The van der Waals surface area contributed by atoms with Crippen LogP contribution >= 0.6 is 0 Å². The third-order valence-electron chi connectivity index (χ3n) is 8.39. The van der Waals surface area contributed by atoms with E-state index < -0.39 is 29.7 Å². The summed E-state index contributed by atoms with van der Waals surface area (Å²) >= 11 is 0. The van der Waals surface area contributed by atoms with Crippen molar-refractivity contribution in [2.24, 2.45) is 11.8 Å². The third kappa shape index (κ3) is 9.58. The fourth-order valence-corrected chi connectivity index (χ4v) is 6.18. The number of aliphatic hydroxyl groups excluding tert-OH is 1. The number of amides is 2. The van der Waals surface area contributed by atoms with Gasteiger partial charge in [-0.25, -0.2) is 8.78 Å². The van der Waals surface area contributed by atoms with Crippen molar-refractivity contribution in [1.29, 1.82) is 0 Å². The topological polar surface area (TPSA) is 90.9 Å². The van der Waals surface area contributed by atoms with E-state index in [2.05, 4.69) is 10.6 Å². The molecule has 242 valence electrons. The standard InChI is InChI=1S/C36H45F2N3O4/c1-4-14-41(15-5-2)33(43)21-30-34(26-11-7-6-8-12-26)35(30)36(44)40-31(19-25-16-27(37)20-28(38)17-25)32(42)23-39-22-24-10-9-13-29(18-24)45-3/h6-13,16-18,20,30-32,34-35,39,42H,4-5,14-15,19,21-23H2,1-3H3,(H,40,44)/t30-,31+,32-,34-,35+/m1/s1. The summed E-state index contributed by atoms with van der Waals surface area (Å²) in [5, 5.41) is 17.5. The number of ether oxygens (including phenoxy) is 1. The number of halogens is 2. The Labute approximate surface area is 265 Å². The second kappa shape index (κ2) is 16.5. The minimum absolute atomic E-state index is 0.0233. The fraction of sp³-hybridized carbons (Fsp3) is 0.444. The molecule has 2 amide bonds. The molecule has 0 aliphatic heterocycles. The van der Waals surface area contributed by atoms with E-state index in [9.17, 15) is 23.5 Å². The van der Waals surface area contributed by atoms with Crippen molar-refractivity contribution in [3.8, 4) is 5.75 Å². The number of nitrogens with one attached hydrogen (secondary N) is 2. The van der Waals surface area contributed by atoms with Crippen LogP contribution in [-0.4, -0.2) is 60.7 Å². The lowest BCUT2D eigenvalue weighted by atomic mass is 10.00. The number of methoxy groups -OCH3 is 1. The lowest BCUT2D eigenvalue weighted by molar-refractivity contribution is -0.131. The number of carbonyl (C=O) groups is 2. The zero-order valence-electron chi connectivity index (χ0n) is 26.3. The number of nitrogens with zero attached hydrogens (tertiary/aromatic N) is 1. The van der Waals surface area contributed by atoms with Crippen LogP contribution < -0.4 is 15.4 Å². The van der Waals surface area contributed by atoms with Crippen molar-refractivity contribution >= 4 is 11.8 Å². The molecule has 1 saturated carbocycles. The molecule has 0 heterocycles. The molecule has 45 heavy (non-hydrogen) atoms. The lowest BCUT2D eigenvalue weighted by Crippen LogP contribution is -2.49. The summed E-state index contributed by atoms with van der Waals surface area (Å²) in [5.41, 5.74) is 2.25. The highest BCUT2D eigenvalue weighted by molar-refractivity contribution is 5.86. The van der Waals surface area contributed by atoms with Crippen molar-refractivity contribution in [2.45, 2.75) is 64.1 Å². The quantitative estimate of drug-likeness (QED) is 0.192. The van der Waals surface area contributed by atoms with Gasteiger partial charge in [-0.3, -0.25) is 9.59 Å². The van der Waals surface area contributed by atoms with Crippen LogP contribution in [0.5, 0.6) is 5.75 Å². The molecule has 7 nitrogen and oxygen atoms in total. The SMILES string of the molecule is CCCN(CCC)C(=O)C[C@H]1[C@H](C(=O)N[C@@H](Cc2cc(F)cc(F)c2)[C@H](O)CNCc2cccc(OC)c2)[C@@H]1c1ccccc1. The molecule has 0 radical (unpaired) electrons. The van der Waals surface area contributed by atoms with E-state index in [0.717, 1.165) is 30.0 Å². The summed E-state index contributed by atoms with van der Waals surface area (Å²) in [7, 11) is 1.59. The van der Waals surface area contributed by atoms with E-state index >= 15 is 0 Å². The van der Waals surface area contributed by atoms with Crippen molar-refractivity contribution in [1.82, 2.24) is 15.5 Å². The Morgan fingerprint density at radius 2 is 1.62 bits per heavy atom. The van der Waals surface area contributed by atoms with Gasteiger partial charge in [0.15, 0.2) is 0 Å². The predicted octanol–water partition coefficient (Wildman–Crippen LogP) is 5.22. The summed E-state index contributed by atoms with van der Waals surface area (Å²) in [6.45, 7) is 5.99. The molecular weight excluding hydrogens is 576 g/mol. The Hall–Kier alpha value is -3.82. The van der Waals surface area contributed by atoms with Gasteiger partial charge in [-0.05, 0) is 72.1 Å². The number of benzene rings is 3. The Kier molecular flexibility index (Phi) is 12.5. The highest BCUT2D eigenvalue weighted by Crippen LogP contribution is 2.56. The normalized spacial score (nSPS) is 18.6. The van der Waals surface area contributed by atoms with Gasteiger partial charge < -0.3 is 25.4 Å². The Bertz CT molecular complexity index is 1380. The van der Waals surface area contributed by atoms with Crippen LogP contribution in [0.25, 0.3) is 0 Å². The minimum atomic E-state index is -1.07. The van der Waals surface area contributed by atoms with Gasteiger partial charge >= 0.3 is 0 Å². The second-order valence-electron chi connectivity index (χ2n) is 11.9. The molecule has 0 spiro atoms. The Balaban J connectivity index is 1.50. The van der Waals surface area contributed by atoms with Gasteiger partial charge in [0.2, 0.25) is 11.8 Å². The molecule has 4 rings (SSSR count). The zero-order valence-corrected chi connectivity index (χ0v) is 26.3. The van der Waals surface area contributed by atoms with E-state index in [-0.39, 0.29) is 43.0 Å². The maximum atomic E-state index is 14.1. The lowest BCUT2D eigenvalue weighted by Gasteiger charge is -2.25. The van der Waals surface area contributed by atoms with Gasteiger partial charge in [-0.1, -0.05) is 56.3 Å². The van der Waals surface area contributed by atoms with Crippen LogP contribution in [0, 0.1) is 23.5 Å². The van der Waals surface area contributed by atoms with Gasteiger partial charge in [0.25, 0.3) is 0 Å². The van der Waals surface area contributed by atoms with E-state index in [4.69, 9.17) is 4.74 Å². The molecule has 1 aliphatic carbocycles. The summed E-state index contributed by atoms with van der Waals surface area (Å²) in [5.74, 6) is -1.79. The molecule has 1 aliphatic rings. The Morgan fingerprint density at radius 3 is 2.27 bits per heavy atom. The fourth-order valence-electron chi connectivity index (χ4n) is 6.18. The molecule has 5 atom stereocenters. The van der Waals surface area contributed by atoms with Crippen molar-refractivity contribution in [2.75, 3.05) is 26.7 Å². The molecule has 0 unspecified atom stereocenters. The molecule has 9 heteroatoms. The van der Waals surface area contributed by atoms with E-state index in [1.807, 2.05) is 73.3 Å². The van der Waals surface area contributed by atoms with E-state index in [0.29, 0.717) is 30.9 Å². The van der Waals surface area contributed by atoms with Crippen LogP contribution in [0.4, 0.5) is 8.78 Å². The minimum Gasteiger partial charge on any atom is -0.497 e. The number of hydrogen-bond acceptors (Lipinski definition) is 5. The first-order valence-electron chi connectivity index (χ1n) is 15.8. The monoisotopic (exact) mass is 621 g/mol. The molecule has 0 saturated heterocycles. The molecule has 0 aromatic heterocycles. The number of hydrogen-bond donors (Lipinski definition) is 3. The van der Waals surface area contributed by atoms with Gasteiger partial charge in [-0.15, -0.1) is 0 Å². The first kappa shape index (κ1) is 34.1. The predicted molar refractivity (Wildman–Crippen MR) is 171 cm³/mol.